The Morgan fingerprint density at radius 1 is 1.47 bits per heavy atom. The van der Waals surface area contributed by atoms with E-state index in [1.54, 1.807) is 4.90 Å². The molecule has 0 aromatic heterocycles. The number of nitrogens with zero attached hydrogens (tertiary/aromatic N) is 1. The minimum atomic E-state index is -0.807. The molecule has 0 aliphatic carbocycles. The Labute approximate surface area is 102 Å². The first kappa shape index (κ1) is 14.0. The summed E-state index contributed by atoms with van der Waals surface area (Å²) in [5, 5.41) is 9.00. The van der Waals surface area contributed by atoms with Crippen LogP contribution in [0, 0.1) is 17.8 Å². The van der Waals surface area contributed by atoms with Crippen molar-refractivity contribution in [1.29, 1.82) is 0 Å². The van der Waals surface area contributed by atoms with Crippen LogP contribution in [0.1, 0.15) is 26.7 Å². The van der Waals surface area contributed by atoms with Gasteiger partial charge in [-0.3, -0.25) is 9.59 Å². The number of hydrogen-bond donors (Lipinski definition) is 2. The SMILES string of the molecule is CCC(CN)CC(=O)N1CC(C)C(C(=O)O)C1. The van der Waals surface area contributed by atoms with Gasteiger partial charge in [-0.25, -0.2) is 0 Å². The van der Waals surface area contributed by atoms with Crippen molar-refractivity contribution in [2.24, 2.45) is 23.5 Å². The molecule has 1 aliphatic heterocycles. The Kier molecular flexibility index (Phi) is 4.93. The van der Waals surface area contributed by atoms with E-state index in [0.717, 1.165) is 6.42 Å². The fourth-order valence-electron chi connectivity index (χ4n) is 2.26. The molecule has 3 N–H and O–H groups in total. The van der Waals surface area contributed by atoms with Gasteiger partial charge in [0.05, 0.1) is 5.92 Å². The van der Waals surface area contributed by atoms with Crippen molar-refractivity contribution in [2.75, 3.05) is 19.6 Å². The maximum atomic E-state index is 12.0. The molecule has 3 atom stereocenters. The van der Waals surface area contributed by atoms with E-state index in [2.05, 4.69) is 0 Å². The first-order valence-electron chi connectivity index (χ1n) is 6.20. The normalized spacial score (nSPS) is 25.9. The molecule has 1 rings (SSSR count). The lowest BCUT2D eigenvalue weighted by molar-refractivity contribution is -0.142. The summed E-state index contributed by atoms with van der Waals surface area (Å²) in [6.45, 7) is 5.30. The number of carboxylic acid groups (broad SMARTS) is 1. The molecule has 1 fully saturated rings. The highest BCUT2D eigenvalue weighted by atomic mass is 16.4. The molecule has 98 valence electrons. The second-order valence-corrected chi connectivity index (χ2v) is 4.93. The van der Waals surface area contributed by atoms with Crippen LogP contribution < -0.4 is 5.73 Å². The van der Waals surface area contributed by atoms with Crippen LogP contribution in [-0.4, -0.2) is 41.5 Å². The van der Waals surface area contributed by atoms with Gasteiger partial charge in [0.25, 0.3) is 0 Å². The van der Waals surface area contributed by atoms with Crippen LogP contribution in [0.15, 0.2) is 0 Å². The van der Waals surface area contributed by atoms with Crippen LogP contribution in [-0.2, 0) is 9.59 Å². The number of likely N-dealkylation sites (tertiary alicyclic amines) is 1. The third-order valence-corrected chi connectivity index (χ3v) is 3.66. The Morgan fingerprint density at radius 3 is 2.53 bits per heavy atom. The molecular formula is C12H22N2O3. The zero-order valence-electron chi connectivity index (χ0n) is 10.6. The Hall–Kier alpha value is -1.10. The van der Waals surface area contributed by atoms with Gasteiger partial charge in [-0.05, 0) is 18.4 Å². The summed E-state index contributed by atoms with van der Waals surface area (Å²) in [6, 6.07) is 0. The van der Waals surface area contributed by atoms with Crippen LogP contribution in [0.2, 0.25) is 0 Å². The van der Waals surface area contributed by atoms with Crippen molar-refractivity contribution in [3.63, 3.8) is 0 Å². The monoisotopic (exact) mass is 242 g/mol. The largest absolute Gasteiger partial charge is 0.481 e. The van der Waals surface area contributed by atoms with Crippen LogP contribution in [0.5, 0.6) is 0 Å². The predicted octanol–water partition coefficient (Wildman–Crippen LogP) is 0.541. The van der Waals surface area contributed by atoms with Crippen LogP contribution >= 0.6 is 0 Å². The standard InChI is InChI=1S/C12H22N2O3/c1-3-9(5-13)4-11(15)14-6-8(2)10(7-14)12(16)17/h8-10H,3-7,13H2,1-2H3,(H,16,17). The van der Waals surface area contributed by atoms with E-state index < -0.39 is 11.9 Å². The highest BCUT2D eigenvalue weighted by molar-refractivity contribution is 5.79. The van der Waals surface area contributed by atoms with Gasteiger partial charge in [0.1, 0.15) is 0 Å². The number of hydrogen-bond acceptors (Lipinski definition) is 3. The molecule has 0 saturated carbocycles. The Morgan fingerprint density at radius 2 is 2.12 bits per heavy atom. The fourth-order valence-corrected chi connectivity index (χ4v) is 2.26. The summed E-state index contributed by atoms with van der Waals surface area (Å²) < 4.78 is 0. The summed E-state index contributed by atoms with van der Waals surface area (Å²) >= 11 is 0. The second kappa shape index (κ2) is 6.00. The van der Waals surface area contributed by atoms with Crippen molar-refractivity contribution in [3.05, 3.63) is 0 Å². The summed E-state index contributed by atoms with van der Waals surface area (Å²) in [5.41, 5.74) is 5.57. The number of rotatable bonds is 5. The third-order valence-electron chi connectivity index (χ3n) is 3.66. The fraction of sp³-hybridized carbons (Fsp3) is 0.833. The number of carbonyl (C=O) groups excluding carboxylic acids is 1. The van der Waals surface area contributed by atoms with Crippen molar-refractivity contribution in [3.8, 4) is 0 Å². The second-order valence-electron chi connectivity index (χ2n) is 4.93. The molecule has 3 unspecified atom stereocenters. The first-order valence-corrected chi connectivity index (χ1v) is 6.20. The van der Waals surface area contributed by atoms with Gasteiger partial charge in [0, 0.05) is 19.5 Å². The lowest BCUT2D eigenvalue weighted by atomic mass is 9.99. The molecule has 1 amide bonds. The topological polar surface area (TPSA) is 83.6 Å². The van der Waals surface area contributed by atoms with Gasteiger partial charge in [0.15, 0.2) is 0 Å². The van der Waals surface area contributed by atoms with Gasteiger partial charge in [0.2, 0.25) is 5.91 Å². The number of aliphatic carboxylic acids is 1. The van der Waals surface area contributed by atoms with Gasteiger partial charge in [-0.2, -0.15) is 0 Å². The van der Waals surface area contributed by atoms with Crippen molar-refractivity contribution < 1.29 is 14.7 Å². The molecule has 5 heteroatoms. The van der Waals surface area contributed by atoms with Gasteiger partial charge >= 0.3 is 5.97 Å². The molecule has 1 saturated heterocycles. The highest BCUT2D eigenvalue weighted by Gasteiger charge is 2.36. The number of carbonyl (C=O) groups is 2. The number of amides is 1. The lowest BCUT2D eigenvalue weighted by Gasteiger charge is -2.19. The summed E-state index contributed by atoms with van der Waals surface area (Å²) in [4.78, 5) is 24.6. The predicted molar refractivity (Wildman–Crippen MR) is 64.3 cm³/mol. The van der Waals surface area contributed by atoms with E-state index in [4.69, 9.17) is 10.8 Å². The molecule has 5 nitrogen and oxygen atoms in total. The highest BCUT2D eigenvalue weighted by Crippen LogP contribution is 2.24. The average molecular weight is 242 g/mol. The molecule has 1 heterocycles. The molecule has 0 aromatic carbocycles. The van der Waals surface area contributed by atoms with Crippen molar-refractivity contribution in [2.45, 2.75) is 26.7 Å². The minimum Gasteiger partial charge on any atom is -0.481 e. The molecule has 17 heavy (non-hydrogen) atoms. The molecular weight excluding hydrogens is 220 g/mol. The van der Waals surface area contributed by atoms with E-state index >= 15 is 0 Å². The maximum absolute atomic E-state index is 12.0. The lowest BCUT2D eigenvalue weighted by Crippen LogP contribution is -2.32. The smallest absolute Gasteiger partial charge is 0.308 e. The summed E-state index contributed by atoms with van der Waals surface area (Å²) in [5.74, 6) is -0.940. The van der Waals surface area contributed by atoms with Crippen LogP contribution in [0.4, 0.5) is 0 Å². The third kappa shape index (κ3) is 3.43. The summed E-state index contributed by atoms with van der Waals surface area (Å²) in [7, 11) is 0. The molecule has 0 aromatic rings. The van der Waals surface area contributed by atoms with E-state index in [0.29, 0.717) is 26.1 Å². The quantitative estimate of drug-likeness (QED) is 0.737. The molecule has 1 aliphatic rings. The van der Waals surface area contributed by atoms with E-state index in [9.17, 15) is 9.59 Å². The van der Waals surface area contributed by atoms with E-state index in [1.165, 1.54) is 0 Å². The minimum absolute atomic E-state index is 0.0365. The average Bonchev–Trinajstić information content (AvgIpc) is 2.68. The van der Waals surface area contributed by atoms with Gasteiger partial charge in [-0.15, -0.1) is 0 Å². The molecule has 0 spiro atoms. The van der Waals surface area contributed by atoms with E-state index in [1.807, 2.05) is 13.8 Å². The zero-order chi connectivity index (χ0) is 13.0. The van der Waals surface area contributed by atoms with Crippen LogP contribution in [0.25, 0.3) is 0 Å². The van der Waals surface area contributed by atoms with Gasteiger partial charge in [-0.1, -0.05) is 20.3 Å². The summed E-state index contributed by atoms with van der Waals surface area (Å²) in [6.07, 6.45) is 1.32. The van der Waals surface area contributed by atoms with Gasteiger partial charge < -0.3 is 15.7 Å². The zero-order valence-corrected chi connectivity index (χ0v) is 10.6. The molecule has 0 radical (unpaired) electrons. The molecule has 0 bridgehead atoms. The maximum Gasteiger partial charge on any atom is 0.308 e. The Bertz CT molecular complexity index is 289. The van der Waals surface area contributed by atoms with Crippen LogP contribution in [0.3, 0.4) is 0 Å². The van der Waals surface area contributed by atoms with E-state index in [-0.39, 0.29) is 17.7 Å². The Balaban J connectivity index is 2.52. The van der Waals surface area contributed by atoms with Crippen molar-refractivity contribution >= 4 is 11.9 Å². The number of carboxylic acids is 1. The first-order chi connectivity index (χ1) is 7.99. The number of nitrogens with two attached hydrogens (primary N) is 1. The van der Waals surface area contributed by atoms with Crippen molar-refractivity contribution in [1.82, 2.24) is 4.90 Å².